The predicted octanol–water partition coefficient (Wildman–Crippen LogP) is 2.06. The van der Waals surface area contributed by atoms with Crippen LogP contribution in [0.1, 0.15) is 20.3 Å². The van der Waals surface area contributed by atoms with Crippen LogP contribution < -0.4 is 10.6 Å². The summed E-state index contributed by atoms with van der Waals surface area (Å²) in [5.74, 6) is 0.0349. The number of aromatic nitrogens is 1. The van der Waals surface area contributed by atoms with Gasteiger partial charge >= 0.3 is 0 Å². The van der Waals surface area contributed by atoms with Crippen LogP contribution in [-0.4, -0.2) is 23.5 Å². The third-order valence-electron chi connectivity index (χ3n) is 1.89. The van der Waals surface area contributed by atoms with Crippen LogP contribution in [0, 0.1) is 0 Å². The van der Waals surface area contributed by atoms with Crippen molar-refractivity contribution < 1.29 is 4.79 Å². The fourth-order valence-electron chi connectivity index (χ4n) is 1.22. The van der Waals surface area contributed by atoms with E-state index in [9.17, 15) is 4.79 Å². The van der Waals surface area contributed by atoms with Crippen molar-refractivity contribution in [2.24, 2.45) is 0 Å². The number of carbonyl (C=O) groups is 1. The van der Waals surface area contributed by atoms with Crippen molar-refractivity contribution in [3.05, 3.63) is 23.5 Å². The van der Waals surface area contributed by atoms with Gasteiger partial charge in [0.05, 0.1) is 10.7 Å². The Labute approximate surface area is 100 Å². The topological polar surface area (TPSA) is 54.0 Å². The molecule has 0 bridgehead atoms. The van der Waals surface area contributed by atoms with Crippen molar-refractivity contribution in [3.63, 3.8) is 0 Å². The van der Waals surface area contributed by atoms with E-state index in [1.807, 2.05) is 13.8 Å². The molecular formula is C11H16ClN3O. The Balaban J connectivity index is 2.31. The van der Waals surface area contributed by atoms with Gasteiger partial charge in [-0.25, -0.2) is 0 Å². The second-order valence-electron chi connectivity index (χ2n) is 3.75. The average Bonchev–Trinajstić information content (AvgIpc) is 2.19. The van der Waals surface area contributed by atoms with Gasteiger partial charge < -0.3 is 10.6 Å². The van der Waals surface area contributed by atoms with E-state index in [4.69, 9.17) is 11.6 Å². The minimum Gasteiger partial charge on any atom is -0.383 e. The molecule has 5 heteroatoms. The largest absolute Gasteiger partial charge is 0.383 e. The molecule has 0 aromatic carbocycles. The zero-order valence-corrected chi connectivity index (χ0v) is 10.2. The molecule has 0 fully saturated rings. The van der Waals surface area contributed by atoms with Crippen LogP contribution in [0.2, 0.25) is 5.02 Å². The van der Waals surface area contributed by atoms with Gasteiger partial charge in [-0.05, 0) is 19.9 Å². The van der Waals surface area contributed by atoms with Crippen molar-refractivity contribution in [3.8, 4) is 0 Å². The van der Waals surface area contributed by atoms with Crippen molar-refractivity contribution in [1.29, 1.82) is 0 Å². The van der Waals surface area contributed by atoms with E-state index in [0.29, 0.717) is 18.0 Å². The maximum atomic E-state index is 11.3. The Kier molecular flexibility index (Phi) is 5.05. The van der Waals surface area contributed by atoms with Crippen molar-refractivity contribution in [2.75, 3.05) is 11.9 Å². The van der Waals surface area contributed by atoms with E-state index < -0.39 is 0 Å². The predicted molar refractivity (Wildman–Crippen MR) is 65.6 cm³/mol. The number of rotatable bonds is 5. The molecule has 0 aliphatic carbocycles. The van der Waals surface area contributed by atoms with Gasteiger partial charge in [0.25, 0.3) is 0 Å². The first-order valence-corrected chi connectivity index (χ1v) is 5.60. The quantitative estimate of drug-likeness (QED) is 0.830. The van der Waals surface area contributed by atoms with E-state index in [1.165, 1.54) is 0 Å². The van der Waals surface area contributed by atoms with Crippen LogP contribution in [0.4, 0.5) is 5.69 Å². The number of nitrogens with zero attached hydrogens (tertiary/aromatic N) is 1. The van der Waals surface area contributed by atoms with Crippen LogP contribution >= 0.6 is 11.6 Å². The highest BCUT2D eigenvalue weighted by atomic mass is 35.5. The SMILES string of the molecule is CC(C)NC(=O)CCNc1ccncc1Cl. The lowest BCUT2D eigenvalue weighted by molar-refractivity contribution is -0.121. The molecule has 0 aliphatic heterocycles. The Bertz CT molecular complexity index is 355. The van der Waals surface area contributed by atoms with Gasteiger partial charge in [-0.2, -0.15) is 0 Å². The van der Waals surface area contributed by atoms with Crippen LogP contribution in [0.3, 0.4) is 0 Å². The Morgan fingerprint density at radius 1 is 1.56 bits per heavy atom. The maximum Gasteiger partial charge on any atom is 0.221 e. The number of halogens is 1. The summed E-state index contributed by atoms with van der Waals surface area (Å²) in [6.07, 6.45) is 3.65. The van der Waals surface area contributed by atoms with Crippen molar-refractivity contribution >= 4 is 23.2 Å². The van der Waals surface area contributed by atoms with E-state index in [-0.39, 0.29) is 11.9 Å². The first-order chi connectivity index (χ1) is 7.59. The fourth-order valence-corrected chi connectivity index (χ4v) is 1.41. The van der Waals surface area contributed by atoms with Gasteiger partial charge in [0.15, 0.2) is 0 Å². The first kappa shape index (κ1) is 12.8. The fraction of sp³-hybridized carbons (Fsp3) is 0.455. The van der Waals surface area contributed by atoms with E-state index >= 15 is 0 Å². The summed E-state index contributed by atoms with van der Waals surface area (Å²) in [6.45, 7) is 4.43. The molecule has 4 nitrogen and oxygen atoms in total. The zero-order valence-electron chi connectivity index (χ0n) is 9.46. The Morgan fingerprint density at radius 3 is 2.94 bits per heavy atom. The molecule has 0 unspecified atom stereocenters. The molecule has 0 radical (unpaired) electrons. The minimum atomic E-state index is 0.0349. The van der Waals surface area contributed by atoms with Crippen LogP contribution in [0.5, 0.6) is 0 Å². The van der Waals surface area contributed by atoms with Gasteiger partial charge in [-0.1, -0.05) is 11.6 Å². The molecule has 1 heterocycles. The van der Waals surface area contributed by atoms with E-state index in [1.54, 1.807) is 18.5 Å². The van der Waals surface area contributed by atoms with Gasteiger partial charge in [0.2, 0.25) is 5.91 Å². The third-order valence-corrected chi connectivity index (χ3v) is 2.19. The van der Waals surface area contributed by atoms with Crippen LogP contribution in [0.25, 0.3) is 0 Å². The molecule has 88 valence electrons. The Hall–Kier alpha value is -1.29. The molecule has 0 spiro atoms. The lowest BCUT2D eigenvalue weighted by Gasteiger charge is -2.10. The lowest BCUT2D eigenvalue weighted by atomic mass is 10.3. The highest BCUT2D eigenvalue weighted by Gasteiger charge is 2.03. The summed E-state index contributed by atoms with van der Waals surface area (Å²) >= 11 is 5.90. The molecule has 1 aromatic rings. The number of carbonyl (C=O) groups excluding carboxylic acids is 1. The summed E-state index contributed by atoms with van der Waals surface area (Å²) in [7, 11) is 0. The van der Waals surface area contributed by atoms with E-state index in [0.717, 1.165) is 5.69 Å². The molecule has 0 aliphatic rings. The number of anilines is 1. The smallest absolute Gasteiger partial charge is 0.221 e. The lowest BCUT2D eigenvalue weighted by Crippen LogP contribution is -2.31. The normalized spacial score (nSPS) is 10.2. The maximum absolute atomic E-state index is 11.3. The summed E-state index contributed by atoms with van der Waals surface area (Å²) < 4.78 is 0. The van der Waals surface area contributed by atoms with Crippen LogP contribution in [0.15, 0.2) is 18.5 Å². The number of pyridine rings is 1. The number of hydrogen-bond donors (Lipinski definition) is 2. The molecule has 1 amide bonds. The average molecular weight is 242 g/mol. The van der Waals surface area contributed by atoms with Crippen molar-refractivity contribution in [1.82, 2.24) is 10.3 Å². The minimum absolute atomic E-state index is 0.0349. The summed E-state index contributed by atoms with van der Waals surface area (Å²) in [5, 5.41) is 6.47. The van der Waals surface area contributed by atoms with Gasteiger partial charge in [-0.3, -0.25) is 9.78 Å². The van der Waals surface area contributed by atoms with Gasteiger partial charge in [0, 0.05) is 31.4 Å². The molecule has 2 N–H and O–H groups in total. The monoisotopic (exact) mass is 241 g/mol. The second kappa shape index (κ2) is 6.33. The molecule has 0 saturated heterocycles. The first-order valence-electron chi connectivity index (χ1n) is 5.22. The molecule has 0 atom stereocenters. The Morgan fingerprint density at radius 2 is 2.31 bits per heavy atom. The van der Waals surface area contributed by atoms with Crippen LogP contribution in [-0.2, 0) is 4.79 Å². The summed E-state index contributed by atoms with van der Waals surface area (Å²) in [4.78, 5) is 15.2. The molecule has 16 heavy (non-hydrogen) atoms. The highest BCUT2D eigenvalue weighted by molar-refractivity contribution is 6.33. The van der Waals surface area contributed by atoms with Gasteiger partial charge in [-0.15, -0.1) is 0 Å². The molecule has 1 aromatic heterocycles. The number of hydrogen-bond acceptors (Lipinski definition) is 3. The zero-order chi connectivity index (χ0) is 12.0. The van der Waals surface area contributed by atoms with Crippen molar-refractivity contribution in [2.45, 2.75) is 26.3 Å². The van der Waals surface area contributed by atoms with Gasteiger partial charge in [0.1, 0.15) is 0 Å². The standard InChI is InChI=1S/C11H16ClN3O/c1-8(2)15-11(16)4-6-14-10-3-5-13-7-9(10)12/h3,5,7-8H,4,6H2,1-2H3,(H,13,14)(H,15,16). The highest BCUT2D eigenvalue weighted by Crippen LogP contribution is 2.18. The number of amides is 1. The second-order valence-corrected chi connectivity index (χ2v) is 4.16. The van der Waals surface area contributed by atoms with E-state index in [2.05, 4.69) is 15.6 Å². The summed E-state index contributed by atoms with van der Waals surface area (Å²) in [5.41, 5.74) is 0.800. The summed E-state index contributed by atoms with van der Waals surface area (Å²) in [6, 6.07) is 1.96. The number of nitrogens with one attached hydrogen (secondary N) is 2. The molecule has 0 saturated carbocycles. The third kappa shape index (κ3) is 4.49. The molecule has 1 rings (SSSR count). The molecular weight excluding hydrogens is 226 g/mol.